The van der Waals surface area contributed by atoms with E-state index in [1.54, 1.807) is 13.2 Å². The van der Waals surface area contributed by atoms with Gasteiger partial charge in [0, 0.05) is 25.0 Å². The number of rotatable bonds is 6. The standard InChI is InChI=1S/C14H26N4O/c1-9(2)11(4)16-13(6)17-12(5)10(3)8-18(7)14(15)19/h8-9,11,16H,6H2,1-5,7H3,(H2,15,19)/b10-8+,17-12+. The average molecular weight is 266 g/mol. The fourth-order valence-electron chi connectivity index (χ4n) is 1.20. The Hall–Kier alpha value is -1.78. The number of urea groups is 1. The van der Waals surface area contributed by atoms with Gasteiger partial charge in [0.15, 0.2) is 0 Å². The lowest BCUT2D eigenvalue weighted by Crippen LogP contribution is -2.29. The van der Waals surface area contributed by atoms with Crippen molar-refractivity contribution in [2.75, 3.05) is 7.05 Å². The van der Waals surface area contributed by atoms with Gasteiger partial charge in [0.1, 0.15) is 5.82 Å². The zero-order chi connectivity index (χ0) is 15.2. The fourth-order valence-corrected chi connectivity index (χ4v) is 1.20. The predicted octanol–water partition coefficient (Wildman–Crippen LogP) is 2.47. The Bertz CT molecular complexity index is 396. The van der Waals surface area contributed by atoms with Gasteiger partial charge in [0.25, 0.3) is 0 Å². The zero-order valence-corrected chi connectivity index (χ0v) is 12.8. The van der Waals surface area contributed by atoms with E-state index < -0.39 is 6.03 Å². The number of primary amides is 1. The third-order valence-electron chi connectivity index (χ3n) is 3.00. The van der Waals surface area contributed by atoms with Crippen molar-refractivity contribution in [3.05, 3.63) is 24.2 Å². The van der Waals surface area contributed by atoms with E-state index in [1.165, 1.54) is 4.90 Å². The molecule has 0 aromatic heterocycles. The second-order valence-electron chi connectivity index (χ2n) is 5.08. The Morgan fingerprint density at radius 3 is 2.32 bits per heavy atom. The molecule has 0 aliphatic rings. The van der Waals surface area contributed by atoms with Gasteiger partial charge in [-0.15, -0.1) is 0 Å². The molecule has 0 bridgehead atoms. The molecule has 0 aromatic carbocycles. The van der Waals surface area contributed by atoms with Crippen LogP contribution in [0.25, 0.3) is 0 Å². The predicted molar refractivity (Wildman–Crippen MR) is 80.8 cm³/mol. The highest BCUT2D eigenvalue weighted by atomic mass is 16.2. The SMILES string of the molecule is C=C(/N=C(C)/C(C)=C/N(C)C(N)=O)NC(C)C(C)C. The molecule has 0 aliphatic carbocycles. The number of hydrogen-bond donors (Lipinski definition) is 2. The molecule has 0 saturated carbocycles. The summed E-state index contributed by atoms with van der Waals surface area (Å²) in [5, 5.41) is 3.23. The first-order chi connectivity index (χ1) is 8.65. The summed E-state index contributed by atoms with van der Waals surface area (Å²) in [7, 11) is 1.60. The van der Waals surface area contributed by atoms with Crippen LogP contribution in [0.15, 0.2) is 29.2 Å². The number of nitrogens with two attached hydrogens (primary N) is 1. The highest BCUT2D eigenvalue weighted by molar-refractivity contribution is 5.98. The van der Waals surface area contributed by atoms with E-state index >= 15 is 0 Å². The summed E-state index contributed by atoms with van der Waals surface area (Å²) in [5.74, 6) is 1.12. The van der Waals surface area contributed by atoms with E-state index in [4.69, 9.17) is 5.73 Å². The second kappa shape index (κ2) is 7.61. The number of nitrogens with zero attached hydrogens (tertiary/aromatic N) is 2. The van der Waals surface area contributed by atoms with Crippen LogP contribution >= 0.6 is 0 Å². The first kappa shape index (κ1) is 17.2. The van der Waals surface area contributed by atoms with Crippen LogP contribution in [0.4, 0.5) is 4.79 Å². The van der Waals surface area contributed by atoms with Gasteiger partial charge in [-0.3, -0.25) is 0 Å². The van der Waals surface area contributed by atoms with Crippen molar-refractivity contribution >= 4 is 11.7 Å². The number of aliphatic imine (C=N–C) groups is 1. The van der Waals surface area contributed by atoms with Gasteiger partial charge in [-0.25, -0.2) is 9.79 Å². The largest absolute Gasteiger partial charge is 0.368 e. The number of amides is 2. The van der Waals surface area contributed by atoms with Crippen molar-refractivity contribution in [3.63, 3.8) is 0 Å². The van der Waals surface area contributed by atoms with Gasteiger partial charge in [-0.05, 0) is 32.3 Å². The molecule has 0 saturated heterocycles. The lowest BCUT2D eigenvalue weighted by Gasteiger charge is -2.18. The van der Waals surface area contributed by atoms with Crippen molar-refractivity contribution in [2.24, 2.45) is 16.6 Å². The van der Waals surface area contributed by atoms with Crippen LogP contribution in [0.1, 0.15) is 34.6 Å². The molecular weight excluding hydrogens is 240 g/mol. The third kappa shape index (κ3) is 6.64. The minimum Gasteiger partial charge on any atom is -0.368 e. The van der Waals surface area contributed by atoms with Gasteiger partial charge in [0.05, 0.1) is 0 Å². The summed E-state index contributed by atoms with van der Waals surface area (Å²) in [6.45, 7) is 14.0. The maximum Gasteiger partial charge on any atom is 0.318 e. The summed E-state index contributed by atoms with van der Waals surface area (Å²) in [5.41, 5.74) is 6.81. The van der Waals surface area contributed by atoms with E-state index in [0.29, 0.717) is 17.8 Å². The molecule has 0 spiro atoms. The maximum atomic E-state index is 10.9. The highest BCUT2D eigenvalue weighted by Gasteiger charge is 2.07. The maximum absolute atomic E-state index is 10.9. The first-order valence-corrected chi connectivity index (χ1v) is 6.37. The Balaban J connectivity index is 4.72. The first-order valence-electron chi connectivity index (χ1n) is 6.37. The second-order valence-corrected chi connectivity index (χ2v) is 5.08. The fraction of sp³-hybridized carbons (Fsp3) is 0.571. The lowest BCUT2D eigenvalue weighted by atomic mass is 10.1. The molecule has 2 amide bonds. The Labute approximate surface area is 116 Å². The zero-order valence-electron chi connectivity index (χ0n) is 12.8. The number of carbonyl (C=O) groups excluding carboxylic acids is 1. The molecule has 1 unspecified atom stereocenters. The third-order valence-corrected chi connectivity index (χ3v) is 3.00. The number of carbonyl (C=O) groups is 1. The van der Waals surface area contributed by atoms with Gasteiger partial charge in [-0.2, -0.15) is 0 Å². The Morgan fingerprint density at radius 2 is 1.89 bits per heavy atom. The summed E-state index contributed by atoms with van der Waals surface area (Å²) >= 11 is 0. The quantitative estimate of drug-likeness (QED) is 0.725. The van der Waals surface area contributed by atoms with Crippen molar-refractivity contribution in [1.29, 1.82) is 0 Å². The van der Waals surface area contributed by atoms with E-state index in [2.05, 4.69) is 37.7 Å². The summed E-state index contributed by atoms with van der Waals surface area (Å²) < 4.78 is 0. The molecule has 0 aromatic rings. The summed E-state index contributed by atoms with van der Waals surface area (Å²) in [6, 6.07) is -0.195. The Kier molecular flexibility index (Phi) is 6.90. The topological polar surface area (TPSA) is 70.7 Å². The smallest absolute Gasteiger partial charge is 0.318 e. The van der Waals surface area contributed by atoms with E-state index in [1.807, 2.05) is 13.8 Å². The molecule has 0 rings (SSSR count). The van der Waals surface area contributed by atoms with Crippen LogP contribution in [0, 0.1) is 5.92 Å². The van der Waals surface area contributed by atoms with E-state index in [-0.39, 0.29) is 0 Å². The summed E-state index contributed by atoms with van der Waals surface area (Å²) in [6.07, 6.45) is 1.65. The van der Waals surface area contributed by atoms with Gasteiger partial charge < -0.3 is 16.0 Å². The van der Waals surface area contributed by atoms with Crippen LogP contribution in [-0.4, -0.2) is 29.7 Å². The number of hydrogen-bond acceptors (Lipinski definition) is 3. The molecule has 0 radical (unpaired) electrons. The molecule has 19 heavy (non-hydrogen) atoms. The van der Waals surface area contributed by atoms with Crippen LogP contribution in [0.5, 0.6) is 0 Å². The molecule has 5 heteroatoms. The van der Waals surface area contributed by atoms with Crippen LogP contribution in [-0.2, 0) is 0 Å². The van der Waals surface area contributed by atoms with Crippen LogP contribution in [0.3, 0.4) is 0 Å². The van der Waals surface area contributed by atoms with Crippen molar-refractivity contribution in [1.82, 2.24) is 10.2 Å². The molecule has 1 atom stereocenters. The molecule has 0 heterocycles. The number of allylic oxidation sites excluding steroid dienone is 1. The van der Waals surface area contributed by atoms with Gasteiger partial charge in [-0.1, -0.05) is 20.4 Å². The van der Waals surface area contributed by atoms with Crippen molar-refractivity contribution in [3.8, 4) is 0 Å². The minimum absolute atomic E-state index is 0.307. The minimum atomic E-state index is -0.502. The molecule has 3 N–H and O–H groups in total. The molecule has 5 nitrogen and oxygen atoms in total. The average Bonchev–Trinajstić information content (AvgIpc) is 2.27. The van der Waals surface area contributed by atoms with Crippen LogP contribution in [0.2, 0.25) is 0 Å². The monoisotopic (exact) mass is 266 g/mol. The molecular formula is C14H26N4O. The van der Waals surface area contributed by atoms with E-state index in [9.17, 15) is 4.79 Å². The normalized spacial score (nSPS) is 14.3. The number of nitrogens with one attached hydrogen (secondary N) is 1. The van der Waals surface area contributed by atoms with Gasteiger partial charge >= 0.3 is 6.03 Å². The molecule has 108 valence electrons. The van der Waals surface area contributed by atoms with Crippen molar-refractivity contribution < 1.29 is 4.79 Å². The molecule has 0 fully saturated rings. The lowest BCUT2D eigenvalue weighted by molar-refractivity contribution is 0.231. The molecule has 0 aliphatic heterocycles. The van der Waals surface area contributed by atoms with E-state index in [0.717, 1.165) is 11.3 Å². The van der Waals surface area contributed by atoms with Crippen LogP contribution < -0.4 is 11.1 Å². The van der Waals surface area contributed by atoms with Crippen molar-refractivity contribution in [2.45, 2.75) is 40.7 Å². The van der Waals surface area contributed by atoms with Gasteiger partial charge in [0.2, 0.25) is 0 Å². The summed E-state index contributed by atoms with van der Waals surface area (Å²) in [4.78, 5) is 16.6. The Morgan fingerprint density at radius 1 is 1.37 bits per heavy atom. The highest BCUT2D eigenvalue weighted by Crippen LogP contribution is 2.05.